The van der Waals surface area contributed by atoms with Gasteiger partial charge in [0.25, 0.3) is 5.91 Å². The third-order valence-corrected chi connectivity index (χ3v) is 8.60. The molecule has 3 atom stereocenters. The highest BCUT2D eigenvalue weighted by Gasteiger charge is 2.32. The Morgan fingerprint density at radius 1 is 1.23 bits per heavy atom. The van der Waals surface area contributed by atoms with Gasteiger partial charge in [0.05, 0.1) is 5.25 Å². The number of amides is 1. The van der Waals surface area contributed by atoms with Crippen LogP contribution in [0.25, 0.3) is 0 Å². The van der Waals surface area contributed by atoms with Gasteiger partial charge in [-0.1, -0.05) is 44.2 Å². The number of hydrogen-bond acceptors (Lipinski definition) is 6. The van der Waals surface area contributed by atoms with Gasteiger partial charge in [-0.3, -0.25) is 9.10 Å². The maximum Gasteiger partial charge on any atom is 0.251 e. The molecular weight excluding hydrogens is 462 g/mol. The lowest BCUT2D eigenvalue weighted by Crippen LogP contribution is -2.42. The lowest BCUT2D eigenvalue weighted by atomic mass is 10.1. The molecule has 1 aliphatic carbocycles. The summed E-state index contributed by atoms with van der Waals surface area (Å²) in [5.41, 5.74) is 7.39. The maximum absolute atomic E-state index is 13.3. The van der Waals surface area contributed by atoms with Crippen LogP contribution in [0.3, 0.4) is 0 Å². The molecular formula is C26H39N5O3S. The third kappa shape index (κ3) is 7.18. The van der Waals surface area contributed by atoms with E-state index in [0.717, 1.165) is 18.5 Å². The zero-order chi connectivity index (χ0) is 25.6. The Kier molecular flexibility index (Phi) is 9.13. The van der Waals surface area contributed by atoms with Crippen molar-refractivity contribution >= 4 is 27.6 Å². The average molecular weight is 502 g/mol. The van der Waals surface area contributed by atoms with E-state index < -0.39 is 15.3 Å². The monoisotopic (exact) mass is 501 g/mol. The van der Waals surface area contributed by atoms with Crippen molar-refractivity contribution in [1.82, 2.24) is 10.3 Å². The summed E-state index contributed by atoms with van der Waals surface area (Å²) in [6.45, 7) is 8.73. The maximum atomic E-state index is 13.3. The van der Waals surface area contributed by atoms with Crippen LogP contribution in [0.4, 0.5) is 11.6 Å². The highest BCUT2D eigenvalue weighted by Crippen LogP contribution is 2.37. The molecule has 1 amide bonds. The normalized spacial score (nSPS) is 18.2. The van der Waals surface area contributed by atoms with E-state index in [1.54, 1.807) is 26.0 Å². The molecule has 3 rings (SSSR count). The molecule has 192 valence electrons. The van der Waals surface area contributed by atoms with Crippen LogP contribution in [0.2, 0.25) is 0 Å². The quantitative estimate of drug-likeness (QED) is 0.387. The van der Waals surface area contributed by atoms with Crippen molar-refractivity contribution in [2.45, 2.75) is 58.2 Å². The molecule has 8 nitrogen and oxygen atoms in total. The van der Waals surface area contributed by atoms with Crippen LogP contribution in [0.15, 0.2) is 42.5 Å². The third-order valence-electron chi connectivity index (χ3n) is 6.43. The number of sulfonamides is 1. The fraction of sp³-hybridized carbons (Fsp3) is 0.538. The number of benzene rings is 1. The second kappa shape index (κ2) is 11.9. The predicted octanol–water partition coefficient (Wildman–Crippen LogP) is 3.40. The number of nitrogens with one attached hydrogen (secondary N) is 2. The molecule has 9 heteroatoms. The summed E-state index contributed by atoms with van der Waals surface area (Å²) in [4.78, 5) is 17.9. The molecule has 1 saturated carbocycles. The highest BCUT2D eigenvalue weighted by molar-refractivity contribution is 7.93. The lowest BCUT2D eigenvalue weighted by Gasteiger charge is -2.26. The van der Waals surface area contributed by atoms with Gasteiger partial charge in [0.15, 0.2) is 0 Å². The topological polar surface area (TPSA) is 117 Å². The minimum absolute atomic E-state index is 0.253. The number of nitrogens with zero attached hydrogens (tertiary/aromatic N) is 2. The Balaban J connectivity index is 1.89. The summed E-state index contributed by atoms with van der Waals surface area (Å²) in [5.74, 6) is 1.68. The van der Waals surface area contributed by atoms with Gasteiger partial charge in [-0.25, -0.2) is 13.4 Å². The Morgan fingerprint density at radius 3 is 2.49 bits per heavy atom. The molecule has 1 aromatic carbocycles. The fourth-order valence-corrected chi connectivity index (χ4v) is 5.28. The smallest absolute Gasteiger partial charge is 0.251 e. The largest absolute Gasteiger partial charge is 0.370 e. The van der Waals surface area contributed by atoms with Crippen molar-refractivity contribution in [3.05, 3.63) is 53.6 Å². The van der Waals surface area contributed by atoms with Crippen LogP contribution >= 0.6 is 0 Å². The molecule has 1 fully saturated rings. The van der Waals surface area contributed by atoms with E-state index in [0.29, 0.717) is 36.1 Å². The molecule has 0 saturated heterocycles. The van der Waals surface area contributed by atoms with Gasteiger partial charge < -0.3 is 16.4 Å². The van der Waals surface area contributed by atoms with Gasteiger partial charge >= 0.3 is 0 Å². The molecule has 0 spiro atoms. The van der Waals surface area contributed by atoms with Crippen molar-refractivity contribution in [2.24, 2.45) is 17.6 Å². The summed E-state index contributed by atoms with van der Waals surface area (Å²) in [5, 5.41) is 5.73. The molecule has 0 aliphatic heterocycles. The van der Waals surface area contributed by atoms with Gasteiger partial charge in [-0.05, 0) is 62.6 Å². The van der Waals surface area contributed by atoms with E-state index in [9.17, 15) is 13.2 Å². The van der Waals surface area contributed by atoms with Crippen molar-refractivity contribution < 1.29 is 13.2 Å². The van der Waals surface area contributed by atoms with Crippen LogP contribution in [-0.2, 0) is 16.4 Å². The number of carbonyl (C=O) groups is 1. The van der Waals surface area contributed by atoms with E-state index in [-0.39, 0.29) is 30.9 Å². The summed E-state index contributed by atoms with van der Waals surface area (Å²) >= 11 is 0. The van der Waals surface area contributed by atoms with E-state index in [1.807, 2.05) is 37.3 Å². The Bertz CT molecular complexity index is 1090. The summed E-state index contributed by atoms with van der Waals surface area (Å²) in [7, 11) is -3.62. The summed E-state index contributed by atoms with van der Waals surface area (Å²) in [6, 6.07) is 12.9. The molecule has 35 heavy (non-hydrogen) atoms. The van der Waals surface area contributed by atoms with Crippen molar-refractivity contribution in [3.8, 4) is 0 Å². The SMILES string of the molecule is CCCN(c1cc(C(=O)N[C@H](CN)Cc2ccccc2)cc(NCC2CC2C)n1)S(=O)(=O)C(C)C. The average Bonchev–Trinajstić information content (AvgIpc) is 3.55. The molecule has 1 aromatic heterocycles. The second-order valence-corrected chi connectivity index (χ2v) is 12.1. The first kappa shape index (κ1) is 26.9. The molecule has 2 unspecified atom stereocenters. The van der Waals surface area contributed by atoms with Crippen LogP contribution in [0, 0.1) is 11.8 Å². The first-order valence-electron chi connectivity index (χ1n) is 12.5. The Hall–Kier alpha value is -2.65. The van der Waals surface area contributed by atoms with Gasteiger partial charge in [-0.15, -0.1) is 0 Å². The van der Waals surface area contributed by atoms with Crippen molar-refractivity contribution in [1.29, 1.82) is 0 Å². The molecule has 1 heterocycles. The standard InChI is InChI=1S/C26H39N5O3S/c1-5-11-31(35(33,34)18(2)3)25-15-21(14-24(30-25)28-17-22-12-19(22)4)26(32)29-23(16-27)13-20-9-7-6-8-10-20/h6-10,14-15,18-19,22-23H,5,11-13,16-17,27H2,1-4H3,(H,28,30)(H,29,32)/t19?,22?,23-/m0/s1. The lowest BCUT2D eigenvalue weighted by molar-refractivity contribution is 0.0938. The number of nitrogens with two attached hydrogens (primary N) is 1. The fourth-order valence-electron chi connectivity index (χ4n) is 3.97. The second-order valence-electron chi connectivity index (χ2n) is 9.71. The molecule has 4 N–H and O–H groups in total. The number of hydrogen-bond donors (Lipinski definition) is 3. The van der Waals surface area contributed by atoms with Crippen molar-refractivity contribution in [3.63, 3.8) is 0 Å². The van der Waals surface area contributed by atoms with Crippen LogP contribution in [0.5, 0.6) is 0 Å². The zero-order valence-electron chi connectivity index (χ0n) is 21.2. The van der Waals surface area contributed by atoms with Gasteiger partial charge in [-0.2, -0.15) is 0 Å². The van der Waals surface area contributed by atoms with E-state index in [1.165, 1.54) is 4.31 Å². The van der Waals surface area contributed by atoms with E-state index in [4.69, 9.17) is 5.73 Å². The number of rotatable bonds is 13. The molecule has 2 aromatic rings. The van der Waals surface area contributed by atoms with Gasteiger partial charge in [0, 0.05) is 31.2 Å². The van der Waals surface area contributed by atoms with Crippen LogP contribution in [0.1, 0.15) is 56.5 Å². The molecule has 1 aliphatic rings. The van der Waals surface area contributed by atoms with E-state index >= 15 is 0 Å². The Morgan fingerprint density at radius 2 is 1.91 bits per heavy atom. The van der Waals surface area contributed by atoms with Crippen LogP contribution < -0.4 is 20.7 Å². The Labute approximate surface area is 209 Å². The summed E-state index contributed by atoms with van der Waals surface area (Å²) < 4.78 is 27.5. The molecule has 0 bridgehead atoms. The predicted molar refractivity (Wildman–Crippen MR) is 142 cm³/mol. The molecule has 0 radical (unpaired) electrons. The number of carbonyl (C=O) groups excluding carboxylic acids is 1. The minimum atomic E-state index is -3.62. The van der Waals surface area contributed by atoms with Crippen molar-refractivity contribution in [2.75, 3.05) is 29.3 Å². The summed E-state index contributed by atoms with van der Waals surface area (Å²) in [6.07, 6.45) is 2.38. The van der Waals surface area contributed by atoms with E-state index in [2.05, 4.69) is 22.5 Å². The number of aromatic nitrogens is 1. The first-order chi connectivity index (χ1) is 16.6. The number of anilines is 2. The number of pyridine rings is 1. The first-order valence-corrected chi connectivity index (χ1v) is 14.0. The zero-order valence-corrected chi connectivity index (χ0v) is 22.0. The van der Waals surface area contributed by atoms with Gasteiger partial charge in [0.1, 0.15) is 11.6 Å². The van der Waals surface area contributed by atoms with Crippen LogP contribution in [-0.4, -0.2) is 50.2 Å². The van der Waals surface area contributed by atoms with Gasteiger partial charge in [0.2, 0.25) is 10.0 Å². The highest BCUT2D eigenvalue weighted by atomic mass is 32.2. The minimum Gasteiger partial charge on any atom is -0.370 e.